The van der Waals surface area contributed by atoms with Crippen LogP contribution in [-0.2, 0) is 6.54 Å². The Bertz CT molecular complexity index is 374. The first-order chi connectivity index (χ1) is 8.62. The maximum absolute atomic E-state index is 13.8. The first-order valence-corrected chi connectivity index (χ1v) is 5.51. The summed E-state index contributed by atoms with van der Waals surface area (Å²) >= 11 is 0. The molecule has 1 aromatic carbocycles. The molecule has 102 valence electrons. The van der Waals surface area contributed by atoms with E-state index in [0.717, 1.165) is 0 Å². The number of hydrogen-bond acceptors (Lipinski definition) is 5. The van der Waals surface area contributed by atoms with E-state index in [1.54, 1.807) is 12.1 Å². The first kappa shape index (κ1) is 14.8. The summed E-state index contributed by atoms with van der Waals surface area (Å²) in [5.41, 5.74) is -0.899. The molecule has 1 aromatic rings. The van der Waals surface area contributed by atoms with Gasteiger partial charge in [0.15, 0.2) is 11.6 Å². The van der Waals surface area contributed by atoms with E-state index in [4.69, 9.17) is 20.1 Å². The molecule has 0 unspecified atom stereocenters. The molecule has 1 rings (SSSR count). The minimum Gasteiger partial charge on any atom is -0.494 e. The van der Waals surface area contributed by atoms with Crippen LogP contribution in [0.2, 0.25) is 0 Å². The topological polar surface area (TPSA) is 82.0 Å². The number of nitrogens with one attached hydrogen (secondary N) is 1. The van der Waals surface area contributed by atoms with Gasteiger partial charge in [-0.05, 0) is 6.07 Å². The van der Waals surface area contributed by atoms with E-state index in [2.05, 4.69) is 5.32 Å². The molecular weight excluding hydrogens is 241 g/mol. The highest BCUT2D eigenvalue weighted by atomic mass is 19.1. The molecule has 0 aliphatic heterocycles. The number of aliphatic hydroxyl groups excluding tert-OH is 3. The Morgan fingerprint density at radius 3 is 2.33 bits per heavy atom. The van der Waals surface area contributed by atoms with Crippen LogP contribution in [-0.4, -0.2) is 47.8 Å². The maximum atomic E-state index is 13.8. The van der Waals surface area contributed by atoms with Crippen molar-refractivity contribution < 1.29 is 24.4 Å². The molecule has 0 bridgehead atoms. The van der Waals surface area contributed by atoms with Gasteiger partial charge in [-0.15, -0.1) is 0 Å². The number of aliphatic hydroxyl groups is 3. The van der Waals surface area contributed by atoms with E-state index in [-0.39, 0.29) is 12.3 Å². The van der Waals surface area contributed by atoms with Crippen LogP contribution in [0.4, 0.5) is 4.39 Å². The Balaban J connectivity index is 2.79. The third-order valence-electron chi connectivity index (χ3n) is 2.83. The molecule has 5 nitrogen and oxygen atoms in total. The Morgan fingerprint density at radius 1 is 1.22 bits per heavy atom. The van der Waals surface area contributed by atoms with Gasteiger partial charge in [0.2, 0.25) is 0 Å². The first-order valence-electron chi connectivity index (χ1n) is 5.51. The van der Waals surface area contributed by atoms with Crippen LogP contribution in [0.1, 0.15) is 5.56 Å². The molecule has 0 aromatic heterocycles. The van der Waals surface area contributed by atoms with Crippen LogP contribution in [0.15, 0.2) is 18.2 Å². The molecule has 18 heavy (non-hydrogen) atoms. The summed E-state index contributed by atoms with van der Waals surface area (Å²) in [4.78, 5) is 0. The Kier molecular flexibility index (Phi) is 5.49. The lowest BCUT2D eigenvalue weighted by Gasteiger charge is -2.29. The van der Waals surface area contributed by atoms with Gasteiger partial charge in [-0.25, -0.2) is 4.39 Å². The highest BCUT2D eigenvalue weighted by molar-refractivity contribution is 5.31. The summed E-state index contributed by atoms with van der Waals surface area (Å²) in [5.74, 6) is -0.382. The van der Waals surface area contributed by atoms with Gasteiger partial charge < -0.3 is 25.4 Å². The number of halogens is 1. The number of benzene rings is 1. The highest BCUT2D eigenvalue weighted by Crippen LogP contribution is 2.20. The van der Waals surface area contributed by atoms with Gasteiger partial charge in [0.1, 0.15) is 0 Å². The van der Waals surface area contributed by atoms with Crippen LogP contribution in [0.5, 0.6) is 5.75 Å². The molecule has 4 N–H and O–H groups in total. The van der Waals surface area contributed by atoms with Crippen molar-refractivity contribution in [2.45, 2.75) is 12.1 Å². The normalized spacial score (nSPS) is 11.6. The summed E-state index contributed by atoms with van der Waals surface area (Å²) in [6, 6.07) is 4.69. The van der Waals surface area contributed by atoms with Gasteiger partial charge in [0, 0.05) is 12.1 Å². The van der Waals surface area contributed by atoms with Gasteiger partial charge in [-0.2, -0.15) is 0 Å². The largest absolute Gasteiger partial charge is 0.494 e. The number of ether oxygens (including phenoxy) is 1. The van der Waals surface area contributed by atoms with Crippen LogP contribution in [0, 0.1) is 5.82 Å². The van der Waals surface area contributed by atoms with E-state index < -0.39 is 31.2 Å². The summed E-state index contributed by atoms with van der Waals surface area (Å²) in [5, 5.41) is 30.1. The molecule has 0 fully saturated rings. The average Bonchev–Trinajstić information content (AvgIpc) is 2.42. The molecule has 0 saturated carbocycles. The van der Waals surface area contributed by atoms with E-state index in [1.807, 2.05) is 0 Å². The zero-order chi connectivity index (χ0) is 13.6. The van der Waals surface area contributed by atoms with Crippen LogP contribution in [0.25, 0.3) is 0 Å². The van der Waals surface area contributed by atoms with Crippen LogP contribution >= 0.6 is 0 Å². The molecule has 0 heterocycles. The van der Waals surface area contributed by atoms with Crippen molar-refractivity contribution in [3.63, 3.8) is 0 Å². The quantitative estimate of drug-likeness (QED) is 0.537. The van der Waals surface area contributed by atoms with Crippen molar-refractivity contribution in [1.82, 2.24) is 5.32 Å². The molecule has 0 aliphatic rings. The predicted molar refractivity (Wildman–Crippen MR) is 63.8 cm³/mol. The SMILES string of the molecule is COc1cccc(CNC(CO)(CO)CO)c1F. The standard InChI is InChI=1S/C12H18FNO4/c1-18-10-4-2-3-9(11(10)13)5-14-12(6-15,7-16)8-17/h2-4,14-17H,5-8H2,1H3. The third kappa shape index (κ3) is 3.17. The number of rotatable bonds is 7. The predicted octanol–water partition coefficient (Wildman–Crippen LogP) is -0.360. The monoisotopic (exact) mass is 259 g/mol. The van der Waals surface area contributed by atoms with E-state index in [0.29, 0.717) is 5.56 Å². The zero-order valence-corrected chi connectivity index (χ0v) is 10.2. The van der Waals surface area contributed by atoms with Crippen molar-refractivity contribution in [2.24, 2.45) is 0 Å². The van der Waals surface area contributed by atoms with Gasteiger partial charge in [-0.1, -0.05) is 12.1 Å². The fraction of sp³-hybridized carbons (Fsp3) is 0.500. The number of hydrogen-bond donors (Lipinski definition) is 4. The molecule has 6 heteroatoms. The van der Waals surface area contributed by atoms with Crippen LogP contribution in [0.3, 0.4) is 0 Å². The molecule has 0 radical (unpaired) electrons. The minimum absolute atomic E-state index is 0.0602. The summed E-state index contributed by atoms with van der Waals surface area (Å²) in [6.07, 6.45) is 0. The molecule has 0 saturated heterocycles. The lowest BCUT2D eigenvalue weighted by Crippen LogP contribution is -2.54. The molecule has 0 atom stereocenters. The lowest BCUT2D eigenvalue weighted by atomic mass is 10.0. The molecule has 0 aliphatic carbocycles. The third-order valence-corrected chi connectivity index (χ3v) is 2.83. The van der Waals surface area contributed by atoms with E-state index in [9.17, 15) is 4.39 Å². The molecule has 0 spiro atoms. The van der Waals surface area contributed by atoms with Crippen LogP contribution < -0.4 is 10.1 Å². The second-order valence-electron chi connectivity index (χ2n) is 4.04. The summed E-state index contributed by atoms with van der Waals surface area (Å²) in [6.45, 7) is -1.30. The Hall–Kier alpha value is -1.21. The molecular formula is C12H18FNO4. The van der Waals surface area contributed by atoms with Gasteiger partial charge in [-0.3, -0.25) is 0 Å². The Labute approximate surface area is 105 Å². The molecule has 0 amide bonds. The number of methoxy groups -OCH3 is 1. The minimum atomic E-state index is -1.23. The zero-order valence-electron chi connectivity index (χ0n) is 10.2. The van der Waals surface area contributed by atoms with Gasteiger partial charge in [0.25, 0.3) is 0 Å². The average molecular weight is 259 g/mol. The van der Waals surface area contributed by atoms with E-state index >= 15 is 0 Å². The van der Waals surface area contributed by atoms with Crippen molar-refractivity contribution in [2.75, 3.05) is 26.9 Å². The summed E-state index contributed by atoms with van der Waals surface area (Å²) in [7, 11) is 1.37. The summed E-state index contributed by atoms with van der Waals surface area (Å²) < 4.78 is 18.7. The van der Waals surface area contributed by atoms with E-state index in [1.165, 1.54) is 13.2 Å². The van der Waals surface area contributed by atoms with Crippen molar-refractivity contribution in [1.29, 1.82) is 0 Å². The second-order valence-corrected chi connectivity index (χ2v) is 4.04. The second kappa shape index (κ2) is 6.65. The smallest absolute Gasteiger partial charge is 0.169 e. The van der Waals surface area contributed by atoms with Crippen molar-refractivity contribution >= 4 is 0 Å². The van der Waals surface area contributed by atoms with Gasteiger partial charge >= 0.3 is 0 Å². The fourth-order valence-corrected chi connectivity index (χ4v) is 1.45. The highest BCUT2D eigenvalue weighted by Gasteiger charge is 2.27. The van der Waals surface area contributed by atoms with Crippen molar-refractivity contribution in [3.8, 4) is 5.75 Å². The Morgan fingerprint density at radius 2 is 1.83 bits per heavy atom. The fourth-order valence-electron chi connectivity index (χ4n) is 1.45. The van der Waals surface area contributed by atoms with Crippen molar-refractivity contribution in [3.05, 3.63) is 29.6 Å². The lowest BCUT2D eigenvalue weighted by molar-refractivity contribution is 0.0411. The van der Waals surface area contributed by atoms with Gasteiger partial charge in [0.05, 0.1) is 32.5 Å². The maximum Gasteiger partial charge on any atom is 0.169 e.